The monoisotopic (exact) mass is 626 g/mol. The molecule has 13 heteroatoms. The maximum atomic E-state index is 13.6. The van der Waals surface area contributed by atoms with Crippen molar-refractivity contribution in [3.05, 3.63) is 22.2 Å². The zero-order valence-corrected chi connectivity index (χ0v) is 25.5. The quantitative estimate of drug-likeness (QED) is 0.321. The molecule has 1 atom stereocenters. The number of amides is 4. The van der Waals surface area contributed by atoms with E-state index in [1.54, 1.807) is 12.1 Å². The van der Waals surface area contributed by atoms with E-state index in [0.29, 0.717) is 28.1 Å². The molecule has 3 rings (SSSR count). The van der Waals surface area contributed by atoms with Crippen LogP contribution in [-0.4, -0.2) is 94.4 Å². The molecular formula is C25H31BrN4O6S2. The number of thiocarbonyl (C=S) groups is 2. The maximum absolute atomic E-state index is 13.6. The molecular weight excluding hydrogens is 596 g/mol. The number of benzene rings is 1. The molecule has 4 amide bonds. The van der Waals surface area contributed by atoms with Crippen LogP contribution < -0.4 is 9.47 Å². The summed E-state index contributed by atoms with van der Waals surface area (Å²) in [5, 5.41) is 0.0559. The fourth-order valence-corrected chi connectivity index (χ4v) is 5.42. The van der Waals surface area contributed by atoms with Crippen LogP contribution in [0.15, 0.2) is 16.6 Å². The number of nitrogens with zero attached hydrogens (tertiary/aromatic N) is 4. The Balaban J connectivity index is 2.30. The summed E-state index contributed by atoms with van der Waals surface area (Å²) in [5.41, 5.74) is 0.375. The standard InChI is InChI=1S/C25H31BrN4O6S2/c1-8-12(3)36-19-14(26)10-13(11-15(19)35-9-2)16(17-20(31)27(4)24(37)28(5)21(17)32)18-22(33)29(6)25(38)30(7)23(18)34/h10-12,16-18H,8-9H2,1-7H3/t12-/m1/s1. The van der Waals surface area contributed by atoms with Gasteiger partial charge in [0.1, 0.15) is 11.8 Å². The van der Waals surface area contributed by atoms with E-state index >= 15 is 0 Å². The van der Waals surface area contributed by atoms with Crippen LogP contribution in [0.3, 0.4) is 0 Å². The van der Waals surface area contributed by atoms with Crippen LogP contribution in [0.5, 0.6) is 11.5 Å². The molecule has 0 radical (unpaired) electrons. The molecule has 0 aliphatic carbocycles. The zero-order chi connectivity index (χ0) is 28.6. The number of carbonyl (C=O) groups is 4. The van der Waals surface area contributed by atoms with E-state index in [1.807, 2.05) is 20.8 Å². The number of halogens is 1. The van der Waals surface area contributed by atoms with E-state index in [1.165, 1.54) is 47.8 Å². The number of carbonyl (C=O) groups excluding carboxylic acids is 4. The molecule has 0 saturated carbocycles. The van der Waals surface area contributed by atoms with Gasteiger partial charge in [0, 0.05) is 34.1 Å². The fraction of sp³-hybridized carbons (Fsp3) is 0.520. The van der Waals surface area contributed by atoms with Crippen LogP contribution in [0.2, 0.25) is 0 Å². The van der Waals surface area contributed by atoms with Gasteiger partial charge >= 0.3 is 0 Å². The Morgan fingerprint density at radius 3 is 1.63 bits per heavy atom. The highest BCUT2D eigenvalue weighted by atomic mass is 79.9. The van der Waals surface area contributed by atoms with Crippen molar-refractivity contribution in [1.82, 2.24) is 19.6 Å². The van der Waals surface area contributed by atoms with Gasteiger partial charge in [0.05, 0.1) is 17.2 Å². The van der Waals surface area contributed by atoms with E-state index < -0.39 is 41.4 Å². The highest BCUT2D eigenvalue weighted by Crippen LogP contribution is 2.45. The molecule has 2 heterocycles. The highest BCUT2D eigenvalue weighted by molar-refractivity contribution is 9.10. The summed E-state index contributed by atoms with van der Waals surface area (Å²) in [4.78, 5) is 59.1. The summed E-state index contributed by atoms with van der Waals surface area (Å²) >= 11 is 14.1. The Morgan fingerprint density at radius 1 is 0.842 bits per heavy atom. The number of ether oxygens (including phenoxy) is 2. The average Bonchev–Trinajstić information content (AvgIpc) is 2.89. The van der Waals surface area contributed by atoms with Crippen molar-refractivity contribution in [3.63, 3.8) is 0 Å². The van der Waals surface area contributed by atoms with E-state index in [0.717, 1.165) is 6.42 Å². The van der Waals surface area contributed by atoms with Crippen molar-refractivity contribution in [2.24, 2.45) is 11.8 Å². The lowest BCUT2D eigenvalue weighted by molar-refractivity contribution is -0.152. The van der Waals surface area contributed by atoms with Gasteiger partial charge in [-0.15, -0.1) is 0 Å². The van der Waals surface area contributed by atoms with Gasteiger partial charge in [-0.3, -0.25) is 38.8 Å². The Hall–Kier alpha value is -2.64. The van der Waals surface area contributed by atoms with Crippen LogP contribution in [0.25, 0.3) is 0 Å². The second kappa shape index (κ2) is 11.6. The van der Waals surface area contributed by atoms with Gasteiger partial charge in [0.2, 0.25) is 23.6 Å². The molecule has 1 aromatic carbocycles. The Bertz CT molecular complexity index is 1110. The van der Waals surface area contributed by atoms with Crippen LogP contribution in [0.1, 0.15) is 38.7 Å². The Kier molecular flexibility index (Phi) is 9.15. The van der Waals surface area contributed by atoms with Crippen LogP contribution in [0, 0.1) is 11.8 Å². The predicted molar refractivity (Wildman–Crippen MR) is 152 cm³/mol. The first kappa shape index (κ1) is 29.9. The molecule has 0 spiro atoms. The lowest BCUT2D eigenvalue weighted by Gasteiger charge is -2.43. The van der Waals surface area contributed by atoms with Gasteiger partial charge in [0.15, 0.2) is 21.7 Å². The van der Waals surface area contributed by atoms with Gasteiger partial charge in [-0.05, 0) is 78.3 Å². The molecule has 10 nitrogen and oxygen atoms in total. The molecule has 0 bridgehead atoms. The molecule has 206 valence electrons. The minimum absolute atomic E-state index is 0.0280. The van der Waals surface area contributed by atoms with Gasteiger partial charge in [-0.1, -0.05) is 6.92 Å². The summed E-state index contributed by atoms with van der Waals surface area (Å²) < 4.78 is 12.4. The summed E-state index contributed by atoms with van der Waals surface area (Å²) in [6.07, 6.45) is 0.622. The lowest BCUT2D eigenvalue weighted by atomic mass is 9.73. The largest absolute Gasteiger partial charge is 0.490 e. The smallest absolute Gasteiger partial charge is 0.241 e. The molecule has 0 aromatic heterocycles. The zero-order valence-electron chi connectivity index (χ0n) is 22.3. The maximum Gasteiger partial charge on any atom is 0.241 e. The Labute approximate surface area is 241 Å². The summed E-state index contributed by atoms with van der Waals surface area (Å²) in [6, 6.07) is 3.28. The normalized spacial score (nSPS) is 18.8. The second-order valence-electron chi connectivity index (χ2n) is 9.24. The van der Waals surface area contributed by atoms with Crippen molar-refractivity contribution in [2.75, 3.05) is 34.8 Å². The topological polar surface area (TPSA) is 99.7 Å². The molecule has 0 unspecified atom stereocenters. The first-order valence-electron chi connectivity index (χ1n) is 12.1. The van der Waals surface area contributed by atoms with Crippen LogP contribution in [-0.2, 0) is 19.2 Å². The fourth-order valence-electron chi connectivity index (χ4n) is 4.51. The third-order valence-electron chi connectivity index (χ3n) is 6.86. The van der Waals surface area contributed by atoms with Gasteiger partial charge < -0.3 is 9.47 Å². The van der Waals surface area contributed by atoms with Crippen molar-refractivity contribution < 1.29 is 28.7 Å². The lowest BCUT2D eigenvalue weighted by Crippen LogP contribution is -2.63. The third kappa shape index (κ3) is 5.15. The molecule has 2 saturated heterocycles. The van der Waals surface area contributed by atoms with Gasteiger partial charge in [0.25, 0.3) is 0 Å². The van der Waals surface area contributed by atoms with Crippen molar-refractivity contribution in [2.45, 2.75) is 39.2 Å². The molecule has 2 fully saturated rings. The van der Waals surface area contributed by atoms with Crippen molar-refractivity contribution in [1.29, 1.82) is 0 Å². The number of rotatable bonds is 8. The molecule has 2 aliphatic rings. The SMILES string of the molecule is CCOc1cc(C(C2C(=O)N(C)C(=S)N(C)C2=O)C2C(=O)N(C)C(=S)N(C)C2=O)cc(Br)c1O[C@H](C)CC. The Morgan fingerprint density at radius 2 is 1.26 bits per heavy atom. The van der Waals surface area contributed by atoms with E-state index in [4.69, 9.17) is 33.9 Å². The van der Waals surface area contributed by atoms with Crippen molar-refractivity contribution in [3.8, 4) is 11.5 Å². The summed E-state index contributed by atoms with van der Waals surface area (Å²) in [7, 11) is 5.83. The first-order valence-corrected chi connectivity index (χ1v) is 13.7. The average molecular weight is 628 g/mol. The minimum Gasteiger partial charge on any atom is -0.490 e. The van der Waals surface area contributed by atoms with Crippen LogP contribution in [0.4, 0.5) is 0 Å². The molecule has 1 aromatic rings. The molecule has 2 aliphatic heterocycles. The van der Waals surface area contributed by atoms with Crippen LogP contribution >= 0.6 is 40.4 Å². The summed E-state index contributed by atoms with van der Waals surface area (Å²) in [6.45, 7) is 6.02. The molecule has 38 heavy (non-hydrogen) atoms. The second-order valence-corrected chi connectivity index (χ2v) is 10.8. The van der Waals surface area contributed by atoms with E-state index in [9.17, 15) is 19.2 Å². The molecule has 0 N–H and O–H groups in total. The first-order chi connectivity index (χ1) is 17.8. The van der Waals surface area contributed by atoms with Crippen molar-refractivity contribution >= 4 is 74.2 Å². The predicted octanol–water partition coefficient (Wildman–Crippen LogP) is 2.77. The minimum atomic E-state index is -1.41. The highest BCUT2D eigenvalue weighted by Gasteiger charge is 2.54. The number of hydrogen-bond acceptors (Lipinski definition) is 8. The van der Waals surface area contributed by atoms with E-state index in [2.05, 4.69) is 15.9 Å². The third-order valence-corrected chi connectivity index (χ3v) is 8.55. The van der Waals surface area contributed by atoms with Gasteiger partial charge in [-0.2, -0.15) is 0 Å². The summed E-state index contributed by atoms with van der Waals surface area (Å²) in [5.74, 6) is -5.68. The number of hydrogen-bond donors (Lipinski definition) is 0. The van der Waals surface area contributed by atoms with Gasteiger partial charge in [-0.25, -0.2) is 0 Å². The van der Waals surface area contributed by atoms with E-state index in [-0.39, 0.29) is 16.3 Å².